The van der Waals surface area contributed by atoms with E-state index in [1.807, 2.05) is 86.7 Å². The number of hydrogen-bond donors (Lipinski definition) is 0. The van der Waals surface area contributed by atoms with Gasteiger partial charge in [-0.1, -0.05) is 72.8 Å². The van der Waals surface area contributed by atoms with Crippen LogP contribution < -0.4 is 10.3 Å². The van der Waals surface area contributed by atoms with Crippen molar-refractivity contribution in [2.75, 3.05) is 26.4 Å². The van der Waals surface area contributed by atoms with Crippen LogP contribution in [0.5, 0.6) is 5.75 Å². The Labute approximate surface area is 257 Å². The molecule has 44 heavy (non-hydrogen) atoms. The van der Waals surface area contributed by atoms with Crippen molar-refractivity contribution in [3.8, 4) is 17.3 Å². The number of furan rings is 1. The molecule has 234 valence electrons. The summed E-state index contributed by atoms with van der Waals surface area (Å²) in [7, 11) is -1.39. The van der Waals surface area contributed by atoms with Gasteiger partial charge in [-0.15, -0.1) is 0 Å². The van der Waals surface area contributed by atoms with E-state index in [4.69, 9.17) is 22.9 Å². The second kappa shape index (κ2) is 17.2. The van der Waals surface area contributed by atoms with E-state index in [-0.39, 0.29) is 30.5 Å². The summed E-state index contributed by atoms with van der Waals surface area (Å²) >= 11 is 0. The van der Waals surface area contributed by atoms with Crippen molar-refractivity contribution in [2.24, 2.45) is 7.05 Å². The fourth-order valence-corrected chi connectivity index (χ4v) is 5.81. The second-order valence-corrected chi connectivity index (χ2v) is 11.2. The van der Waals surface area contributed by atoms with E-state index < -0.39 is 19.1 Å². The first-order valence-electron chi connectivity index (χ1n) is 14.4. The molecule has 0 bridgehead atoms. The summed E-state index contributed by atoms with van der Waals surface area (Å²) in [5.74, 6) is -0.280. The van der Waals surface area contributed by atoms with Crippen molar-refractivity contribution in [3.05, 3.63) is 106 Å². The normalized spacial score (nSPS) is 11.2. The lowest BCUT2D eigenvalue weighted by Crippen LogP contribution is -2.26. The van der Waals surface area contributed by atoms with Gasteiger partial charge in [-0.25, -0.2) is 9.78 Å². The topological polar surface area (TPSA) is 119 Å². The molecule has 0 aliphatic rings. The third kappa shape index (κ3) is 9.38. The van der Waals surface area contributed by atoms with Crippen molar-refractivity contribution in [3.63, 3.8) is 0 Å². The number of carbonyl (C=O) groups excluding carboxylic acids is 1. The monoisotopic (exact) mass is 622 g/mol. The average molecular weight is 623 g/mol. The van der Waals surface area contributed by atoms with Gasteiger partial charge < -0.3 is 22.9 Å². The van der Waals surface area contributed by atoms with Crippen molar-refractivity contribution in [1.82, 2.24) is 9.55 Å². The minimum Gasteiger partial charge on any atom is -0.486 e. The fraction of sp³-hybridized carbons (Fsp3) is 0.303. The summed E-state index contributed by atoms with van der Waals surface area (Å²) in [6, 6.07) is 21.1. The van der Waals surface area contributed by atoms with Crippen LogP contribution in [-0.4, -0.2) is 41.9 Å². The Hall–Kier alpha value is -4.24. The van der Waals surface area contributed by atoms with Crippen molar-refractivity contribution < 1.29 is 32.3 Å². The van der Waals surface area contributed by atoms with Crippen molar-refractivity contribution in [1.29, 1.82) is 0 Å². The smallest absolute Gasteiger partial charge is 0.361 e. The lowest BCUT2D eigenvalue weighted by molar-refractivity contribution is 0.0513. The SMILES string of the molecule is CCOC(=O)c1nc(-c2occc2/C=C/c2ccccc2)n(C)c(=O)c1OCC.CCOP(=O)(Cc1ccccc1)OCC. The third-order valence-electron chi connectivity index (χ3n) is 6.03. The van der Waals surface area contributed by atoms with Crippen molar-refractivity contribution in [2.45, 2.75) is 33.9 Å². The molecule has 10 nitrogen and oxygen atoms in total. The van der Waals surface area contributed by atoms with Crippen LogP contribution in [0.4, 0.5) is 0 Å². The minimum absolute atomic E-state index is 0.134. The van der Waals surface area contributed by atoms with Crippen LogP contribution in [0, 0.1) is 0 Å². The van der Waals surface area contributed by atoms with Crippen LogP contribution >= 0.6 is 7.60 Å². The average Bonchev–Trinajstić information content (AvgIpc) is 3.48. The molecule has 0 N–H and O–H groups in total. The maximum Gasteiger partial charge on any atom is 0.361 e. The zero-order valence-electron chi connectivity index (χ0n) is 25.7. The lowest BCUT2D eigenvalue weighted by Gasteiger charge is -2.16. The van der Waals surface area contributed by atoms with Gasteiger partial charge >= 0.3 is 13.6 Å². The van der Waals surface area contributed by atoms with Crippen LogP contribution in [0.15, 0.2) is 82.2 Å². The van der Waals surface area contributed by atoms with E-state index >= 15 is 0 Å². The number of ether oxygens (including phenoxy) is 2. The Morgan fingerprint density at radius 3 is 2.11 bits per heavy atom. The number of aromatic nitrogens is 2. The highest BCUT2D eigenvalue weighted by atomic mass is 31.2. The van der Waals surface area contributed by atoms with E-state index in [1.165, 1.54) is 10.8 Å². The van der Waals surface area contributed by atoms with E-state index in [0.29, 0.717) is 25.1 Å². The first kappa shape index (κ1) is 34.3. The van der Waals surface area contributed by atoms with Crippen LogP contribution in [0.3, 0.4) is 0 Å². The number of carbonyl (C=O) groups is 1. The molecule has 11 heteroatoms. The Morgan fingerprint density at radius 2 is 1.52 bits per heavy atom. The maximum absolute atomic E-state index is 12.8. The third-order valence-corrected chi connectivity index (χ3v) is 8.09. The first-order valence-corrected chi connectivity index (χ1v) is 16.1. The van der Waals surface area contributed by atoms with Gasteiger partial charge in [-0.05, 0) is 44.9 Å². The summed E-state index contributed by atoms with van der Waals surface area (Å²) in [5, 5.41) is 0. The van der Waals surface area contributed by atoms with Gasteiger partial charge in [0.1, 0.15) is 0 Å². The Balaban J connectivity index is 0.000000297. The molecular weight excluding hydrogens is 583 g/mol. The summed E-state index contributed by atoms with van der Waals surface area (Å²) in [5.41, 5.74) is 2.05. The Bertz CT molecular complexity index is 1600. The number of rotatable bonds is 13. The molecule has 0 fully saturated rings. The predicted octanol–water partition coefficient (Wildman–Crippen LogP) is 7.24. The van der Waals surface area contributed by atoms with E-state index in [1.54, 1.807) is 27.0 Å². The minimum atomic E-state index is -2.94. The van der Waals surface area contributed by atoms with Gasteiger partial charge in [-0.3, -0.25) is 13.9 Å². The molecule has 0 saturated heterocycles. The molecule has 0 radical (unpaired) electrons. The quantitative estimate of drug-likeness (QED) is 0.112. The van der Waals surface area contributed by atoms with Crippen LogP contribution in [-0.2, 0) is 31.6 Å². The van der Waals surface area contributed by atoms with Gasteiger partial charge in [0, 0.05) is 12.6 Å². The molecule has 0 unspecified atom stereocenters. The van der Waals surface area contributed by atoms with Crippen LogP contribution in [0.1, 0.15) is 54.9 Å². The van der Waals surface area contributed by atoms with Crippen molar-refractivity contribution >= 4 is 25.7 Å². The molecule has 0 aliphatic carbocycles. The van der Waals surface area contributed by atoms with E-state index in [2.05, 4.69) is 4.98 Å². The summed E-state index contributed by atoms with van der Waals surface area (Å²) in [6.45, 7) is 8.22. The highest BCUT2D eigenvalue weighted by Gasteiger charge is 2.26. The fourth-order valence-electron chi connectivity index (χ4n) is 4.11. The molecule has 0 spiro atoms. The zero-order valence-corrected chi connectivity index (χ0v) is 26.6. The molecule has 0 atom stereocenters. The molecule has 2 aromatic heterocycles. The molecule has 4 rings (SSSR count). The summed E-state index contributed by atoms with van der Waals surface area (Å²) < 4.78 is 39.9. The molecule has 0 aliphatic heterocycles. The van der Waals surface area contributed by atoms with Gasteiger partial charge in [-0.2, -0.15) is 0 Å². The molecule has 2 aromatic carbocycles. The summed E-state index contributed by atoms with van der Waals surface area (Å²) in [4.78, 5) is 29.6. The highest BCUT2D eigenvalue weighted by Crippen LogP contribution is 2.51. The number of hydrogen-bond acceptors (Lipinski definition) is 9. The highest BCUT2D eigenvalue weighted by molar-refractivity contribution is 7.53. The largest absolute Gasteiger partial charge is 0.486 e. The molecule has 4 aromatic rings. The predicted molar refractivity (Wildman–Crippen MR) is 171 cm³/mol. The van der Waals surface area contributed by atoms with Gasteiger partial charge in [0.25, 0.3) is 5.56 Å². The molecule has 2 heterocycles. The Kier molecular flexibility index (Phi) is 13.4. The standard InChI is InChI=1S/C22H22N2O5.C11H17O3P/c1-4-27-19-17(22(26)28-5-2)23-20(24(3)21(19)25)18-16(13-14-29-18)12-11-15-9-7-6-8-10-15;1-3-13-15(12,14-4-2)10-11-8-6-5-7-9-11/h6-14H,4-5H2,1-3H3;5-9H,3-4,10H2,1-2H3/b12-11+;. The van der Waals surface area contributed by atoms with E-state index in [9.17, 15) is 14.2 Å². The number of esters is 1. The zero-order chi connectivity index (χ0) is 32.0. The van der Waals surface area contributed by atoms with Crippen LogP contribution in [0.25, 0.3) is 23.7 Å². The van der Waals surface area contributed by atoms with Gasteiger partial charge in [0.2, 0.25) is 5.75 Å². The number of nitrogens with zero attached hydrogens (tertiary/aromatic N) is 2. The molecule has 0 amide bonds. The molecule has 0 saturated carbocycles. The lowest BCUT2D eigenvalue weighted by atomic mass is 10.1. The first-order chi connectivity index (χ1) is 21.3. The second-order valence-electron chi connectivity index (χ2n) is 9.17. The van der Waals surface area contributed by atoms with Crippen LogP contribution in [0.2, 0.25) is 0 Å². The summed E-state index contributed by atoms with van der Waals surface area (Å²) in [6.07, 6.45) is 5.64. The maximum atomic E-state index is 12.8. The van der Waals surface area contributed by atoms with Gasteiger partial charge in [0.15, 0.2) is 17.3 Å². The van der Waals surface area contributed by atoms with E-state index in [0.717, 1.165) is 16.7 Å². The van der Waals surface area contributed by atoms with Gasteiger partial charge in [0.05, 0.1) is 38.9 Å². The Morgan fingerprint density at radius 1 is 0.886 bits per heavy atom. The molecular formula is C33H39N2O8P. The number of benzene rings is 2.